The molecule has 3 heterocycles. The van der Waals surface area contributed by atoms with Crippen LogP contribution in [0.2, 0.25) is 0 Å². The van der Waals surface area contributed by atoms with Crippen LogP contribution in [0.5, 0.6) is 5.75 Å². The molecule has 204 valence electrons. The highest BCUT2D eigenvalue weighted by atomic mass is 19.1. The fraction of sp³-hybridized carbons (Fsp3) is 0.448. The van der Waals surface area contributed by atoms with Gasteiger partial charge in [-0.15, -0.1) is 5.10 Å². The Morgan fingerprint density at radius 3 is 2.54 bits per heavy atom. The van der Waals surface area contributed by atoms with E-state index in [0.717, 1.165) is 61.1 Å². The molecule has 1 N–H and O–H groups in total. The third-order valence-corrected chi connectivity index (χ3v) is 8.00. The van der Waals surface area contributed by atoms with Gasteiger partial charge in [-0.1, -0.05) is 19.3 Å². The Balaban J connectivity index is 1.38. The van der Waals surface area contributed by atoms with E-state index in [9.17, 15) is 9.18 Å². The van der Waals surface area contributed by atoms with Gasteiger partial charge < -0.3 is 14.6 Å². The van der Waals surface area contributed by atoms with Gasteiger partial charge in [0.15, 0.2) is 5.82 Å². The average molecular weight is 532 g/mol. The molecule has 9 nitrogen and oxygen atoms in total. The topological polar surface area (TPSA) is 92.2 Å². The van der Waals surface area contributed by atoms with Gasteiger partial charge in [0, 0.05) is 48.3 Å². The van der Waals surface area contributed by atoms with Gasteiger partial charge in [0.2, 0.25) is 0 Å². The number of H-pyrrole nitrogens is 1. The number of anilines is 1. The summed E-state index contributed by atoms with van der Waals surface area (Å²) in [4.78, 5) is 21.2. The standard InChI is InChI=1S/C29H34FN7O2/c1-2-39-24-12-13-26-20(18-24)19-25(29(38)31-26)27(28-32-33-34-37(28)23-6-4-3-5-7-23)36-16-14-35(15-17-36)22-10-8-21(30)9-11-22/h8-13,18-19,23,27H,2-7,14-17H2,1H3,(H,31,38)/t27-/m0/s1. The minimum Gasteiger partial charge on any atom is -0.494 e. The summed E-state index contributed by atoms with van der Waals surface area (Å²) in [5, 5.41) is 14.0. The maximum absolute atomic E-state index is 13.6. The molecule has 1 atom stereocenters. The number of tetrazole rings is 1. The SMILES string of the molecule is CCOc1ccc2[nH]c(=O)c([C@@H](c3nnnn3C3CCCCC3)N3CCN(c4ccc(F)cc4)CC3)cc2c1. The van der Waals surface area contributed by atoms with Crippen LogP contribution in [0, 0.1) is 5.82 Å². The van der Waals surface area contributed by atoms with E-state index in [1.54, 1.807) is 0 Å². The van der Waals surface area contributed by atoms with E-state index < -0.39 is 6.04 Å². The van der Waals surface area contributed by atoms with E-state index in [1.165, 1.54) is 18.6 Å². The lowest BCUT2D eigenvalue weighted by Gasteiger charge is -2.40. The number of aromatic amines is 1. The molecule has 2 aliphatic rings. The molecule has 1 saturated heterocycles. The first-order valence-electron chi connectivity index (χ1n) is 13.9. The zero-order valence-corrected chi connectivity index (χ0v) is 22.2. The van der Waals surface area contributed by atoms with E-state index in [2.05, 4.69) is 30.3 Å². The summed E-state index contributed by atoms with van der Waals surface area (Å²) in [6.45, 7) is 5.42. The van der Waals surface area contributed by atoms with E-state index >= 15 is 0 Å². The number of aromatic nitrogens is 5. The second-order valence-electron chi connectivity index (χ2n) is 10.4. The van der Waals surface area contributed by atoms with Crippen LogP contribution >= 0.6 is 0 Å². The molecule has 1 aliphatic heterocycles. The maximum Gasteiger partial charge on any atom is 0.253 e. The number of rotatable bonds is 7. The molecule has 10 heteroatoms. The molecule has 1 aliphatic carbocycles. The first kappa shape index (κ1) is 25.5. The van der Waals surface area contributed by atoms with Crippen LogP contribution in [-0.4, -0.2) is 62.9 Å². The van der Waals surface area contributed by atoms with Crippen LogP contribution in [-0.2, 0) is 0 Å². The first-order chi connectivity index (χ1) is 19.1. The average Bonchev–Trinajstić information content (AvgIpc) is 3.45. The second kappa shape index (κ2) is 11.1. The molecular weight excluding hydrogens is 497 g/mol. The van der Waals surface area contributed by atoms with Crippen molar-refractivity contribution in [2.75, 3.05) is 37.7 Å². The number of nitrogens with zero attached hydrogens (tertiary/aromatic N) is 6. The van der Waals surface area contributed by atoms with Crippen LogP contribution in [0.15, 0.2) is 53.3 Å². The number of hydrogen-bond donors (Lipinski definition) is 1. The largest absolute Gasteiger partial charge is 0.494 e. The van der Waals surface area contributed by atoms with Gasteiger partial charge in [0.05, 0.1) is 12.6 Å². The highest BCUT2D eigenvalue weighted by Gasteiger charge is 2.34. The van der Waals surface area contributed by atoms with Gasteiger partial charge in [0.1, 0.15) is 17.6 Å². The normalized spacial score (nSPS) is 17.9. The van der Waals surface area contributed by atoms with Crippen molar-refractivity contribution >= 4 is 16.6 Å². The van der Waals surface area contributed by atoms with Crippen molar-refractivity contribution in [1.29, 1.82) is 0 Å². The van der Waals surface area contributed by atoms with Gasteiger partial charge in [-0.05, 0) is 78.7 Å². The van der Waals surface area contributed by atoms with Crippen molar-refractivity contribution in [2.45, 2.75) is 51.1 Å². The van der Waals surface area contributed by atoms with Crippen molar-refractivity contribution in [2.24, 2.45) is 0 Å². The predicted molar refractivity (Wildman–Crippen MR) is 148 cm³/mol. The summed E-state index contributed by atoms with van der Waals surface area (Å²) in [5.41, 5.74) is 2.24. The third kappa shape index (κ3) is 5.25. The molecule has 2 fully saturated rings. The van der Waals surface area contributed by atoms with Crippen LogP contribution in [0.25, 0.3) is 10.9 Å². The van der Waals surface area contributed by atoms with Crippen molar-refractivity contribution < 1.29 is 9.13 Å². The van der Waals surface area contributed by atoms with Crippen LogP contribution in [0.1, 0.15) is 62.5 Å². The summed E-state index contributed by atoms with van der Waals surface area (Å²) in [6, 6.07) is 14.1. The Bertz CT molecular complexity index is 1470. The minimum absolute atomic E-state index is 0.143. The fourth-order valence-corrected chi connectivity index (χ4v) is 6.02. The Kier molecular flexibility index (Phi) is 7.28. The number of pyridine rings is 1. The molecule has 6 rings (SSSR count). The number of halogens is 1. The maximum atomic E-state index is 13.6. The molecule has 0 amide bonds. The Morgan fingerprint density at radius 2 is 1.79 bits per heavy atom. The number of ether oxygens (including phenoxy) is 1. The second-order valence-corrected chi connectivity index (χ2v) is 10.4. The van der Waals surface area contributed by atoms with Crippen molar-refractivity contribution in [3.8, 4) is 5.75 Å². The summed E-state index contributed by atoms with van der Waals surface area (Å²) < 4.78 is 21.2. The van der Waals surface area contributed by atoms with E-state index in [4.69, 9.17) is 4.74 Å². The summed E-state index contributed by atoms with van der Waals surface area (Å²) in [7, 11) is 0. The molecule has 2 aromatic heterocycles. The van der Waals surface area contributed by atoms with Gasteiger partial charge in [0.25, 0.3) is 5.56 Å². The quantitative estimate of drug-likeness (QED) is 0.376. The molecule has 0 spiro atoms. The highest BCUT2D eigenvalue weighted by molar-refractivity contribution is 5.80. The fourth-order valence-electron chi connectivity index (χ4n) is 6.02. The Labute approximate surface area is 226 Å². The van der Waals surface area contributed by atoms with Crippen molar-refractivity contribution in [3.05, 3.63) is 76.1 Å². The highest BCUT2D eigenvalue weighted by Crippen LogP contribution is 2.34. The third-order valence-electron chi connectivity index (χ3n) is 8.00. The van der Waals surface area contributed by atoms with Gasteiger partial charge in [-0.3, -0.25) is 9.69 Å². The number of piperazine rings is 1. The predicted octanol–water partition coefficient (Wildman–Crippen LogP) is 4.47. The van der Waals surface area contributed by atoms with Crippen LogP contribution in [0.4, 0.5) is 10.1 Å². The van der Waals surface area contributed by atoms with E-state index in [1.807, 2.05) is 48.0 Å². The molecule has 2 aromatic carbocycles. The first-order valence-corrected chi connectivity index (χ1v) is 13.9. The van der Waals surface area contributed by atoms with E-state index in [0.29, 0.717) is 31.1 Å². The Hall–Kier alpha value is -3.79. The van der Waals surface area contributed by atoms with E-state index in [-0.39, 0.29) is 17.4 Å². The van der Waals surface area contributed by atoms with Crippen molar-refractivity contribution in [3.63, 3.8) is 0 Å². The Morgan fingerprint density at radius 1 is 1.03 bits per heavy atom. The summed E-state index contributed by atoms with van der Waals surface area (Å²) >= 11 is 0. The van der Waals surface area contributed by atoms with Crippen LogP contribution < -0.4 is 15.2 Å². The summed E-state index contributed by atoms with van der Waals surface area (Å²) in [5.74, 6) is 1.23. The molecular formula is C29H34FN7O2. The minimum atomic E-state index is -0.402. The lowest BCUT2D eigenvalue weighted by atomic mass is 9.95. The molecule has 0 bridgehead atoms. The monoisotopic (exact) mass is 531 g/mol. The van der Waals surface area contributed by atoms with Gasteiger partial charge in [-0.2, -0.15) is 0 Å². The van der Waals surface area contributed by atoms with Gasteiger partial charge >= 0.3 is 0 Å². The molecule has 39 heavy (non-hydrogen) atoms. The zero-order chi connectivity index (χ0) is 26.8. The van der Waals surface area contributed by atoms with Crippen LogP contribution in [0.3, 0.4) is 0 Å². The summed E-state index contributed by atoms with van der Waals surface area (Å²) in [6.07, 6.45) is 5.61. The molecule has 0 radical (unpaired) electrons. The lowest BCUT2D eigenvalue weighted by molar-refractivity contribution is 0.192. The molecule has 1 saturated carbocycles. The number of benzene rings is 2. The number of hydrogen-bond acceptors (Lipinski definition) is 7. The zero-order valence-electron chi connectivity index (χ0n) is 22.2. The number of nitrogens with one attached hydrogen (secondary N) is 1. The van der Waals surface area contributed by atoms with Gasteiger partial charge in [-0.25, -0.2) is 9.07 Å². The molecule has 0 unspecified atom stereocenters. The molecule has 4 aromatic rings. The number of fused-ring (bicyclic) bond motifs is 1. The lowest BCUT2D eigenvalue weighted by Crippen LogP contribution is -2.49. The van der Waals surface area contributed by atoms with Crippen molar-refractivity contribution in [1.82, 2.24) is 30.1 Å². The smallest absolute Gasteiger partial charge is 0.253 e.